The monoisotopic (exact) mass is 277 g/mol. The molecule has 0 spiro atoms. The van der Waals surface area contributed by atoms with Gasteiger partial charge in [0.25, 0.3) is 0 Å². The minimum Gasteiger partial charge on any atom is -0.455 e. The summed E-state index contributed by atoms with van der Waals surface area (Å²) < 4.78 is 23.4. The predicted octanol–water partition coefficient (Wildman–Crippen LogP) is 3.57. The molecule has 20 heavy (non-hydrogen) atoms. The van der Waals surface area contributed by atoms with Gasteiger partial charge in [-0.1, -0.05) is 13.8 Å². The van der Waals surface area contributed by atoms with Crippen molar-refractivity contribution < 1.29 is 18.3 Å². The average molecular weight is 277 g/mol. The number of aromatic nitrogens is 1. The van der Waals surface area contributed by atoms with E-state index >= 15 is 0 Å². The number of halogens is 1. The fourth-order valence-corrected chi connectivity index (χ4v) is 1.57. The fourth-order valence-electron chi connectivity index (χ4n) is 1.57. The van der Waals surface area contributed by atoms with Crippen molar-refractivity contribution in [1.82, 2.24) is 4.98 Å². The molecule has 1 unspecified atom stereocenters. The summed E-state index contributed by atoms with van der Waals surface area (Å²) in [7, 11) is 0. The first kappa shape index (κ1) is 14.2. The van der Waals surface area contributed by atoms with Gasteiger partial charge in [0.05, 0.1) is 12.1 Å². The molecule has 4 nitrogen and oxygen atoms in total. The minimum absolute atomic E-state index is 0.00433. The zero-order valence-electron chi connectivity index (χ0n) is 11.4. The number of benzene rings is 1. The Kier molecular flexibility index (Phi) is 4.50. The van der Waals surface area contributed by atoms with E-state index in [9.17, 15) is 9.18 Å². The number of ether oxygens (including phenoxy) is 1. The normalized spacial score (nSPS) is 12.2. The molecule has 1 atom stereocenters. The first-order valence-corrected chi connectivity index (χ1v) is 6.47. The van der Waals surface area contributed by atoms with Crippen LogP contribution in [0.4, 0.5) is 4.39 Å². The van der Waals surface area contributed by atoms with Crippen LogP contribution in [0.2, 0.25) is 0 Å². The molecule has 5 heteroatoms. The Morgan fingerprint density at radius 2 is 2.10 bits per heavy atom. The summed E-state index contributed by atoms with van der Waals surface area (Å²) in [4.78, 5) is 15.6. The van der Waals surface area contributed by atoms with Crippen LogP contribution in [0.3, 0.4) is 0 Å². The summed E-state index contributed by atoms with van der Waals surface area (Å²) in [6, 6.07) is 5.90. The van der Waals surface area contributed by atoms with Crippen molar-refractivity contribution in [3.63, 3.8) is 0 Å². The van der Waals surface area contributed by atoms with Gasteiger partial charge in [-0.2, -0.15) is 0 Å². The largest absolute Gasteiger partial charge is 0.455 e. The van der Waals surface area contributed by atoms with Gasteiger partial charge in [0.1, 0.15) is 5.82 Å². The lowest BCUT2D eigenvalue weighted by Crippen LogP contribution is -2.13. The van der Waals surface area contributed by atoms with Crippen molar-refractivity contribution >= 4 is 5.97 Å². The van der Waals surface area contributed by atoms with E-state index in [4.69, 9.17) is 9.15 Å². The van der Waals surface area contributed by atoms with Crippen LogP contribution < -0.4 is 0 Å². The van der Waals surface area contributed by atoms with E-state index in [1.54, 1.807) is 12.1 Å². The Labute approximate surface area is 116 Å². The summed E-state index contributed by atoms with van der Waals surface area (Å²) in [6.45, 7) is 3.73. The zero-order chi connectivity index (χ0) is 14.5. The molecule has 1 heterocycles. The molecule has 106 valence electrons. The van der Waals surface area contributed by atoms with E-state index < -0.39 is 0 Å². The van der Waals surface area contributed by atoms with Crippen molar-refractivity contribution in [2.75, 3.05) is 0 Å². The lowest BCUT2D eigenvalue weighted by atomic mass is 10.1. The van der Waals surface area contributed by atoms with Crippen LogP contribution in [-0.2, 0) is 16.1 Å². The van der Waals surface area contributed by atoms with Crippen molar-refractivity contribution in [3.05, 3.63) is 42.2 Å². The van der Waals surface area contributed by atoms with Crippen LogP contribution >= 0.6 is 0 Å². The molecular formula is C15H16FNO3. The smallest absolute Gasteiger partial charge is 0.309 e. The number of carbonyl (C=O) groups is 1. The molecule has 0 saturated heterocycles. The molecule has 0 amide bonds. The van der Waals surface area contributed by atoms with Crippen LogP contribution in [0.5, 0.6) is 0 Å². The molecule has 0 bridgehead atoms. The van der Waals surface area contributed by atoms with Gasteiger partial charge in [0.15, 0.2) is 12.4 Å². The summed E-state index contributed by atoms with van der Waals surface area (Å²) in [5.41, 5.74) is 0.721. The van der Waals surface area contributed by atoms with Gasteiger partial charge in [-0.05, 0) is 30.7 Å². The first-order chi connectivity index (χ1) is 9.60. The van der Waals surface area contributed by atoms with Gasteiger partial charge in [-0.25, -0.2) is 9.37 Å². The topological polar surface area (TPSA) is 52.3 Å². The van der Waals surface area contributed by atoms with Crippen molar-refractivity contribution in [1.29, 1.82) is 0 Å². The van der Waals surface area contributed by atoms with E-state index in [0.29, 0.717) is 11.7 Å². The molecular weight excluding hydrogens is 261 g/mol. The SMILES string of the molecule is CCC(C)C(=O)OCc1ncc(-c2ccc(F)cc2)o1. The molecule has 0 aliphatic heterocycles. The Hall–Kier alpha value is -2.17. The summed E-state index contributed by atoms with van der Waals surface area (Å²) in [6.07, 6.45) is 2.25. The maximum absolute atomic E-state index is 12.8. The maximum Gasteiger partial charge on any atom is 0.309 e. The standard InChI is InChI=1S/C15H16FNO3/c1-3-10(2)15(18)19-9-14-17-8-13(20-14)11-4-6-12(16)7-5-11/h4-8,10H,3,9H2,1-2H3. The Balaban J connectivity index is 1.99. The van der Waals surface area contributed by atoms with Crippen LogP contribution in [-0.4, -0.2) is 11.0 Å². The molecule has 2 rings (SSSR count). The maximum atomic E-state index is 12.8. The third kappa shape index (κ3) is 3.44. The summed E-state index contributed by atoms with van der Waals surface area (Å²) >= 11 is 0. The summed E-state index contributed by atoms with van der Waals surface area (Å²) in [5.74, 6) is 0.118. The van der Waals surface area contributed by atoms with E-state index in [2.05, 4.69) is 4.98 Å². The molecule has 1 aromatic heterocycles. The van der Waals surface area contributed by atoms with Gasteiger partial charge in [0, 0.05) is 5.56 Å². The lowest BCUT2D eigenvalue weighted by Gasteiger charge is -2.06. The molecule has 0 aliphatic carbocycles. The molecule has 0 N–H and O–H groups in total. The van der Waals surface area contributed by atoms with Gasteiger partial charge >= 0.3 is 5.97 Å². The van der Waals surface area contributed by atoms with Crippen LogP contribution in [0, 0.1) is 11.7 Å². The number of oxazole rings is 1. The molecule has 0 aliphatic rings. The highest BCUT2D eigenvalue weighted by atomic mass is 19.1. The van der Waals surface area contributed by atoms with Crippen molar-refractivity contribution in [2.45, 2.75) is 26.9 Å². The highest BCUT2D eigenvalue weighted by molar-refractivity contribution is 5.71. The number of rotatable bonds is 5. The zero-order valence-corrected chi connectivity index (χ0v) is 11.4. The number of carbonyl (C=O) groups excluding carboxylic acids is 1. The fraction of sp³-hybridized carbons (Fsp3) is 0.333. The molecule has 2 aromatic rings. The van der Waals surface area contributed by atoms with Gasteiger partial charge in [-0.15, -0.1) is 0 Å². The van der Waals surface area contributed by atoms with Gasteiger partial charge in [0.2, 0.25) is 5.89 Å². The van der Waals surface area contributed by atoms with E-state index in [1.165, 1.54) is 18.3 Å². The number of hydrogen-bond acceptors (Lipinski definition) is 4. The first-order valence-electron chi connectivity index (χ1n) is 6.47. The minimum atomic E-state index is -0.309. The Morgan fingerprint density at radius 1 is 1.40 bits per heavy atom. The number of hydrogen-bond donors (Lipinski definition) is 0. The molecule has 1 aromatic carbocycles. The van der Waals surface area contributed by atoms with E-state index in [-0.39, 0.29) is 24.3 Å². The van der Waals surface area contributed by atoms with Crippen molar-refractivity contribution in [3.8, 4) is 11.3 Å². The van der Waals surface area contributed by atoms with Gasteiger partial charge in [-0.3, -0.25) is 4.79 Å². The van der Waals surface area contributed by atoms with Crippen LogP contribution in [0.1, 0.15) is 26.2 Å². The molecule has 0 fully saturated rings. The second-order valence-corrected chi connectivity index (χ2v) is 4.54. The van der Waals surface area contributed by atoms with Crippen molar-refractivity contribution in [2.24, 2.45) is 5.92 Å². The van der Waals surface area contributed by atoms with E-state index in [0.717, 1.165) is 12.0 Å². The lowest BCUT2D eigenvalue weighted by molar-refractivity contribution is -0.150. The van der Waals surface area contributed by atoms with Gasteiger partial charge < -0.3 is 9.15 Å². The highest BCUT2D eigenvalue weighted by Crippen LogP contribution is 2.21. The Morgan fingerprint density at radius 3 is 2.75 bits per heavy atom. The second-order valence-electron chi connectivity index (χ2n) is 4.54. The predicted molar refractivity (Wildman–Crippen MR) is 71.1 cm³/mol. The quantitative estimate of drug-likeness (QED) is 0.784. The van der Waals surface area contributed by atoms with Crippen LogP contribution in [0.25, 0.3) is 11.3 Å². The average Bonchev–Trinajstić information content (AvgIpc) is 2.93. The summed E-state index contributed by atoms with van der Waals surface area (Å²) in [5, 5.41) is 0. The highest BCUT2D eigenvalue weighted by Gasteiger charge is 2.14. The second kappa shape index (κ2) is 6.32. The Bertz CT molecular complexity index is 577. The molecule has 0 radical (unpaired) electrons. The van der Waals surface area contributed by atoms with Crippen LogP contribution in [0.15, 0.2) is 34.9 Å². The third-order valence-electron chi connectivity index (χ3n) is 3.03. The number of nitrogens with zero attached hydrogens (tertiary/aromatic N) is 1. The number of esters is 1. The third-order valence-corrected chi connectivity index (χ3v) is 3.03. The van der Waals surface area contributed by atoms with E-state index in [1.807, 2.05) is 13.8 Å². The molecule has 0 saturated carbocycles.